The van der Waals surface area contributed by atoms with Gasteiger partial charge in [0.2, 0.25) is 5.91 Å². The van der Waals surface area contributed by atoms with Crippen LogP contribution in [0, 0.1) is 5.92 Å². The number of rotatable bonds is 6. The second-order valence-electron chi connectivity index (χ2n) is 7.99. The number of carbonyl (C=O) groups is 3. The van der Waals surface area contributed by atoms with Gasteiger partial charge in [0.1, 0.15) is 6.04 Å². The fourth-order valence-corrected chi connectivity index (χ4v) is 4.24. The molecule has 4 amide bonds. The van der Waals surface area contributed by atoms with Crippen LogP contribution in [0.25, 0.3) is 0 Å². The van der Waals surface area contributed by atoms with Gasteiger partial charge in [0.25, 0.3) is 5.91 Å². The van der Waals surface area contributed by atoms with Crippen LogP contribution in [0.5, 0.6) is 0 Å². The van der Waals surface area contributed by atoms with Gasteiger partial charge >= 0.3 is 6.03 Å². The number of aliphatic hydroxyl groups excluding tert-OH is 1. The van der Waals surface area contributed by atoms with E-state index < -0.39 is 35.9 Å². The first-order chi connectivity index (χ1) is 15.9. The van der Waals surface area contributed by atoms with E-state index in [0.29, 0.717) is 11.3 Å². The van der Waals surface area contributed by atoms with Gasteiger partial charge in [0, 0.05) is 10.9 Å². The summed E-state index contributed by atoms with van der Waals surface area (Å²) in [5.41, 5.74) is 1.79. The zero-order chi connectivity index (χ0) is 23.5. The molecule has 0 aromatic heterocycles. The van der Waals surface area contributed by atoms with E-state index in [0.717, 1.165) is 19.8 Å². The van der Waals surface area contributed by atoms with Crippen LogP contribution in [0.15, 0.2) is 89.4 Å². The predicted octanol–water partition coefficient (Wildman–Crippen LogP) is 4.73. The summed E-state index contributed by atoms with van der Waals surface area (Å²) in [6.45, 7) is 1.57. The van der Waals surface area contributed by atoms with Gasteiger partial charge in [-0.15, -0.1) is 0 Å². The Labute approximate surface area is 200 Å². The van der Waals surface area contributed by atoms with Gasteiger partial charge in [0.15, 0.2) is 0 Å². The third-order valence-corrected chi connectivity index (χ3v) is 6.34. The molecule has 3 aromatic carbocycles. The summed E-state index contributed by atoms with van der Waals surface area (Å²) in [5, 5.41) is 10.8. The van der Waals surface area contributed by atoms with Crippen molar-refractivity contribution in [3.63, 3.8) is 0 Å². The normalized spacial score (nSPS) is 17.8. The molecule has 0 radical (unpaired) electrons. The minimum absolute atomic E-state index is 0.196. The van der Waals surface area contributed by atoms with Gasteiger partial charge in [0.05, 0.1) is 17.7 Å². The summed E-state index contributed by atoms with van der Waals surface area (Å²) in [4.78, 5) is 42.3. The van der Waals surface area contributed by atoms with Gasteiger partial charge in [-0.3, -0.25) is 14.5 Å². The molecule has 6 nitrogen and oxygen atoms in total. The number of aliphatic hydroxyl groups is 1. The van der Waals surface area contributed by atoms with Crippen LogP contribution in [0.2, 0.25) is 0 Å². The first kappa shape index (κ1) is 22.9. The topological polar surface area (TPSA) is 77.9 Å². The van der Waals surface area contributed by atoms with Crippen molar-refractivity contribution in [2.24, 2.45) is 5.92 Å². The maximum Gasteiger partial charge on any atom is 0.338 e. The molecule has 0 spiro atoms. The molecular formula is C26H23BrN2O4. The number of para-hydroxylation sites is 1. The maximum atomic E-state index is 13.5. The Morgan fingerprint density at radius 1 is 0.939 bits per heavy atom. The number of nitrogens with zero attached hydrogens (tertiary/aromatic N) is 2. The van der Waals surface area contributed by atoms with Crippen molar-refractivity contribution >= 4 is 39.5 Å². The van der Waals surface area contributed by atoms with E-state index in [1.165, 1.54) is 0 Å². The molecule has 1 fully saturated rings. The Kier molecular flexibility index (Phi) is 6.72. The monoisotopic (exact) mass is 506 g/mol. The number of urea groups is 1. The molecule has 168 valence electrons. The van der Waals surface area contributed by atoms with Crippen LogP contribution in [-0.4, -0.2) is 33.9 Å². The van der Waals surface area contributed by atoms with E-state index in [1.807, 2.05) is 30.3 Å². The van der Waals surface area contributed by atoms with Crippen LogP contribution in [0.1, 0.15) is 24.2 Å². The Bertz CT molecular complexity index is 1150. The van der Waals surface area contributed by atoms with Crippen molar-refractivity contribution < 1.29 is 19.5 Å². The summed E-state index contributed by atoms with van der Waals surface area (Å²) < 4.78 is 0.846. The Morgan fingerprint density at radius 2 is 1.52 bits per heavy atom. The molecular weight excluding hydrogens is 484 g/mol. The lowest BCUT2D eigenvalue weighted by Crippen LogP contribution is -2.45. The largest absolute Gasteiger partial charge is 0.388 e. The zero-order valence-corrected chi connectivity index (χ0v) is 19.6. The smallest absolute Gasteiger partial charge is 0.338 e. The van der Waals surface area contributed by atoms with Gasteiger partial charge in [-0.2, -0.15) is 0 Å². The second-order valence-corrected chi connectivity index (χ2v) is 8.91. The molecule has 1 aliphatic heterocycles. The SMILES string of the molecule is C[C@H](C(=O)N1C(=O)N(c2ccccc2)C(=O)[C@@H]1Cc1ccccc1)[C@H](O)c1ccc(Br)cc1. The maximum absolute atomic E-state index is 13.5. The molecule has 33 heavy (non-hydrogen) atoms. The Balaban J connectivity index is 1.67. The van der Waals surface area contributed by atoms with Gasteiger partial charge in [-0.1, -0.05) is 83.5 Å². The Hall–Kier alpha value is -3.29. The first-order valence-electron chi connectivity index (χ1n) is 10.6. The quantitative estimate of drug-likeness (QED) is 0.490. The summed E-state index contributed by atoms with van der Waals surface area (Å²) in [7, 11) is 0. The number of hydrogen-bond donors (Lipinski definition) is 1. The highest BCUT2D eigenvalue weighted by Gasteiger charge is 2.50. The van der Waals surface area contributed by atoms with E-state index in [4.69, 9.17) is 0 Å². The standard InChI is InChI=1S/C26H23BrN2O4/c1-17(23(30)19-12-14-20(27)15-13-19)24(31)29-22(16-18-8-4-2-5-9-18)25(32)28(26(29)33)21-10-6-3-7-11-21/h2-15,17,22-23,30H,16H2,1H3/t17-,22-,23-/m0/s1. The third-order valence-electron chi connectivity index (χ3n) is 5.81. The van der Waals surface area contributed by atoms with Crippen molar-refractivity contribution in [1.82, 2.24) is 4.90 Å². The van der Waals surface area contributed by atoms with Crippen molar-refractivity contribution in [3.05, 3.63) is 101 Å². The average molecular weight is 507 g/mol. The van der Waals surface area contributed by atoms with Crippen LogP contribution in [-0.2, 0) is 16.0 Å². The predicted molar refractivity (Wildman–Crippen MR) is 128 cm³/mol. The van der Waals surface area contributed by atoms with Crippen LogP contribution < -0.4 is 4.90 Å². The highest BCUT2D eigenvalue weighted by atomic mass is 79.9. The van der Waals surface area contributed by atoms with Crippen LogP contribution in [0.3, 0.4) is 0 Å². The van der Waals surface area contributed by atoms with Crippen molar-refractivity contribution in [1.29, 1.82) is 0 Å². The third kappa shape index (κ3) is 4.60. The molecule has 0 saturated carbocycles. The molecule has 0 unspecified atom stereocenters. The fraction of sp³-hybridized carbons (Fsp3) is 0.192. The van der Waals surface area contributed by atoms with Crippen molar-refractivity contribution in [2.45, 2.75) is 25.5 Å². The molecule has 1 saturated heterocycles. The second kappa shape index (κ2) is 9.68. The molecule has 1 aliphatic rings. The minimum atomic E-state index is -1.13. The summed E-state index contributed by atoms with van der Waals surface area (Å²) in [6, 6.07) is 23.1. The average Bonchev–Trinajstić information content (AvgIpc) is 3.08. The first-order valence-corrected chi connectivity index (χ1v) is 11.4. The van der Waals surface area contributed by atoms with Crippen molar-refractivity contribution in [3.8, 4) is 0 Å². The highest BCUT2D eigenvalue weighted by Crippen LogP contribution is 2.31. The summed E-state index contributed by atoms with van der Waals surface area (Å²) in [5.74, 6) is -1.99. The number of halogens is 1. The molecule has 0 bridgehead atoms. The molecule has 3 aromatic rings. The Morgan fingerprint density at radius 3 is 2.12 bits per heavy atom. The molecule has 0 aliphatic carbocycles. The van der Waals surface area contributed by atoms with Crippen molar-refractivity contribution in [2.75, 3.05) is 4.90 Å². The van der Waals surface area contributed by atoms with Gasteiger partial charge < -0.3 is 5.11 Å². The number of amides is 4. The number of carbonyl (C=O) groups excluding carboxylic acids is 3. The van der Waals surface area contributed by atoms with Gasteiger partial charge in [-0.05, 0) is 35.4 Å². The number of anilines is 1. The number of imide groups is 2. The number of hydrogen-bond acceptors (Lipinski definition) is 4. The van der Waals surface area contributed by atoms with Crippen LogP contribution in [0.4, 0.5) is 10.5 Å². The van der Waals surface area contributed by atoms with E-state index in [1.54, 1.807) is 61.5 Å². The van der Waals surface area contributed by atoms with Gasteiger partial charge in [-0.25, -0.2) is 9.69 Å². The lowest BCUT2D eigenvalue weighted by molar-refractivity contribution is -0.139. The molecule has 1 N–H and O–H groups in total. The molecule has 4 rings (SSSR count). The lowest BCUT2D eigenvalue weighted by atomic mass is 9.95. The summed E-state index contributed by atoms with van der Waals surface area (Å²) in [6.07, 6.45) is -0.932. The number of benzene rings is 3. The van der Waals surface area contributed by atoms with Crippen LogP contribution >= 0.6 is 15.9 Å². The lowest BCUT2D eigenvalue weighted by Gasteiger charge is -2.26. The zero-order valence-electron chi connectivity index (χ0n) is 18.0. The van der Waals surface area contributed by atoms with E-state index in [2.05, 4.69) is 15.9 Å². The highest BCUT2D eigenvalue weighted by molar-refractivity contribution is 9.10. The molecule has 3 atom stereocenters. The molecule has 7 heteroatoms. The van der Waals surface area contributed by atoms with E-state index in [9.17, 15) is 19.5 Å². The van der Waals surface area contributed by atoms with E-state index >= 15 is 0 Å². The summed E-state index contributed by atoms with van der Waals surface area (Å²) >= 11 is 3.35. The fourth-order valence-electron chi connectivity index (χ4n) is 3.98. The van der Waals surface area contributed by atoms with E-state index in [-0.39, 0.29) is 6.42 Å². The minimum Gasteiger partial charge on any atom is -0.388 e. The molecule has 1 heterocycles.